The van der Waals surface area contributed by atoms with E-state index in [9.17, 15) is 24.0 Å². The van der Waals surface area contributed by atoms with Crippen LogP contribution in [0.2, 0.25) is 0 Å². The first-order valence-electron chi connectivity index (χ1n) is 19.5. The predicted octanol–water partition coefficient (Wildman–Crippen LogP) is 2.98. The van der Waals surface area contributed by atoms with Crippen molar-refractivity contribution in [2.24, 2.45) is 0 Å². The summed E-state index contributed by atoms with van der Waals surface area (Å²) in [5, 5.41) is 5.32. The molecule has 0 aromatic heterocycles. The van der Waals surface area contributed by atoms with Crippen LogP contribution in [0.4, 0.5) is 10.5 Å². The second kappa shape index (κ2) is 20.0. The standard InChI is InChI=1S/C40H54N6O9/c1-43(40(51)55-28-29-8-3-2-4-9-29)30-15-17-44(18-16-30)19-23-52-24-20-45(21-25-54-37-12-5-6-22-53-37)27-36(48)41-33-11-7-10-31-32(33)26-46(39(31)50)34-13-14-35(47)42-38(34)49/h2-4,7-11,30,34,37H,5-6,12-28H2,1H3,(H,41,48)(H,42,47,49). The van der Waals surface area contributed by atoms with E-state index in [0.29, 0.717) is 56.3 Å². The van der Waals surface area contributed by atoms with Gasteiger partial charge in [-0.15, -0.1) is 0 Å². The van der Waals surface area contributed by atoms with E-state index >= 15 is 0 Å². The lowest BCUT2D eigenvalue weighted by Gasteiger charge is -2.36. The third-order valence-electron chi connectivity index (χ3n) is 10.8. The zero-order valence-corrected chi connectivity index (χ0v) is 31.7. The zero-order valence-electron chi connectivity index (χ0n) is 31.7. The summed E-state index contributed by atoms with van der Waals surface area (Å²) in [6.45, 7) is 6.06. The third kappa shape index (κ3) is 11.3. The van der Waals surface area contributed by atoms with Crippen molar-refractivity contribution in [2.75, 3.05) is 78.1 Å². The lowest BCUT2D eigenvalue weighted by Crippen LogP contribution is -2.52. The van der Waals surface area contributed by atoms with Crippen LogP contribution >= 0.6 is 0 Å². The summed E-state index contributed by atoms with van der Waals surface area (Å²) < 4.78 is 23.3. The summed E-state index contributed by atoms with van der Waals surface area (Å²) in [4.78, 5) is 71.1. The molecule has 5 amide bonds. The largest absolute Gasteiger partial charge is 0.445 e. The molecule has 2 unspecified atom stereocenters. The van der Waals surface area contributed by atoms with Crippen molar-refractivity contribution in [2.45, 2.75) is 76.5 Å². The molecule has 15 heteroatoms. The monoisotopic (exact) mass is 762 g/mol. The molecule has 3 saturated heterocycles. The lowest BCUT2D eigenvalue weighted by atomic mass is 10.0. The molecular weight excluding hydrogens is 708 g/mol. The van der Waals surface area contributed by atoms with Crippen LogP contribution in [0.5, 0.6) is 0 Å². The Kier molecular flexibility index (Phi) is 14.6. The van der Waals surface area contributed by atoms with Gasteiger partial charge < -0.3 is 39.0 Å². The lowest BCUT2D eigenvalue weighted by molar-refractivity contribution is -0.164. The molecular formula is C40H54N6O9. The Balaban J connectivity index is 0.941. The summed E-state index contributed by atoms with van der Waals surface area (Å²) >= 11 is 0. The average molecular weight is 763 g/mol. The number of hydrogen-bond donors (Lipinski definition) is 2. The molecule has 0 aliphatic carbocycles. The third-order valence-corrected chi connectivity index (χ3v) is 10.8. The minimum atomic E-state index is -0.737. The van der Waals surface area contributed by atoms with Crippen LogP contribution in [-0.2, 0) is 46.5 Å². The van der Waals surface area contributed by atoms with Crippen molar-refractivity contribution in [1.82, 2.24) is 24.9 Å². The number of carbonyl (C=O) groups excluding carboxylic acids is 5. The Morgan fingerprint density at radius 3 is 2.51 bits per heavy atom. The Morgan fingerprint density at radius 1 is 0.945 bits per heavy atom. The topological polar surface area (TPSA) is 159 Å². The Morgan fingerprint density at radius 2 is 1.75 bits per heavy atom. The molecule has 0 saturated carbocycles. The molecule has 4 aliphatic heterocycles. The molecule has 298 valence electrons. The number of piperidine rings is 2. The maximum absolute atomic E-state index is 13.5. The number of nitrogens with zero attached hydrogens (tertiary/aromatic N) is 4. The molecule has 4 heterocycles. The van der Waals surface area contributed by atoms with Gasteiger partial charge in [-0.25, -0.2) is 4.79 Å². The minimum absolute atomic E-state index is 0.0849. The number of imide groups is 1. The number of carbonyl (C=O) groups is 5. The van der Waals surface area contributed by atoms with Crippen LogP contribution in [0.1, 0.15) is 66.4 Å². The molecule has 4 aliphatic rings. The summed E-state index contributed by atoms with van der Waals surface area (Å²) in [7, 11) is 1.81. The van der Waals surface area contributed by atoms with Crippen LogP contribution in [0.3, 0.4) is 0 Å². The fourth-order valence-corrected chi connectivity index (χ4v) is 7.51. The molecule has 0 spiro atoms. The van der Waals surface area contributed by atoms with Crippen LogP contribution in [0.25, 0.3) is 0 Å². The van der Waals surface area contributed by atoms with E-state index in [1.807, 2.05) is 35.2 Å². The predicted molar refractivity (Wildman–Crippen MR) is 202 cm³/mol. The highest BCUT2D eigenvalue weighted by Crippen LogP contribution is 2.32. The Bertz CT molecular complexity index is 1630. The van der Waals surface area contributed by atoms with E-state index in [1.54, 1.807) is 30.1 Å². The van der Waals surface area contributed by atoms with Gasteiger partial charge in [-0.3, -0.25) is 29.4 Å². The number of anilines is 1. The second-order valence-electron chi connectivity index (χ2n) is 14.6. The first-order chi connectivity index (χ1) is 26.7. The molecule has 0 radical (unpaired) electrons. The molecule has 15 nitrogen and oxygen atoms in total. The number of likely N-dealkylation sites (tertiary alicyclic amines) is 1. The highest BCUT2D eigenvalue weighted by molar-refractivity contribution is 6.06. The van der Waals surface area contributed by atoms with Gasteiger partial charge in [0, 0.05) is 82.2 Å². The first-order valence-corrected chi connectivity index (χ1v) is 19.5. The number of fused-ring (bicyclic) bond motifs is 1. The van der Waals surface area contributed by atoms with Crippen molar-refractivity contribution in [3.63, 3.8) is 0 Å². The maximum Gasteiger partial charge on any atom is 0.410 e. The van der Waals surface area contributed by atoms with Gasteiger partial charge in [-0.2, -0.15) is 0 Å². The quantitative estimate of drug-likeness (QED) is 0.180. The summed E-state index contributed by atoms with van der Waals surface area (Å²) in [6, 6.07) is 14.2. The number of rotatable bonds is 17. The first kappa shape index (κ1) is 40.3. The zero-order chi connectivity index (χ0) is 38.6. The van der Waals surface area contributed by atoms with Gasteiger partial charge in [-0.05, 0) is 56.2 Å². The van der Waals surface area contributed by atoms with Crippen LogP contribution < -0.4 is 10.6 Å². The SMILES string of the molecule is CN(C(=O)OCc1ccccc1)C1CCN(CCOCCN(CCOC2CCCCO2)CC(=O)Nc2cccc3c2CN(C2CCC(=O)NC2=O)C3=O)CC1. The van der Waals surface area contributed by atoms with Crippen molar-refractivity contribution in [3.8, 4) is 0 Å². The molecule has 2 N–H and O–H groups in total. The van der Waals surface area contributed by atoms with Gasteiger partial charge in [0.25, 0.3) is 5.91 Å². The van der Waals surface area contributed by atoms with Crippen molar-refractivity contribution in [3.05, 3.63) is 65.2 Å². The molecule has 0 bridgehead atoms. The van der Waals surface area contributed by atoms with Crippen LogP contribution in [0, 0.1) is 0 Å². The molecule has 3 fully saturated rings. The van der Waals surface area contributed by atoms with Crippen LogP contribution in [0.15, 0.2) is 48.5 Å². The van der Waals surface area contributed by atoms with E-state index < -0.39 is 11.9 Å². The summed E-state index contributed by atoms with van der Waals surface area (Å²) in [5.74, 6) is -1.36. The van der Waals surface area contributed by atoms with E-state index in [1.165, 1.54) is 4.90 Å². The normalized spacial score (nSPS) is 20.7. The highest BCUT2D eigenvalue weighted by atomic mass is 16.7. The van der Waals surface area contributed by atoms with Gasteiger partial charge in [0.2, 0.25) is 17.7 Å². The van der Waals surface area contributed by atoms with Gasteiger partial charge in [0.05, 0.1) is 26.4 Å². The fraction of sp³-hybridized carbons (Fsp3) is 0.575. The number of benzene rings is 2. The fourth-order valence-electron chi connectivity index (χ4n) is 7.51. The molecule has 55 heavy (non-hydrogen) atoms. The summed E-state index contributed by atoms with van der Waals surface area (Å²) in [5.41, 5.74) is 2.57. The molecule has 6 rings (SSSR count). The highest BCUT2D eigenvalue weighted by Gasteiger charge is 2.40. The van der Waals surface area contributed by atoms with Crippen molar-refractivity contribution < 1.29 is 42.9 Å². The van der Waals surface area contributed by atoms with Crippen LogP contribution in [-0.4, -0.2) is 140 Å². The minimum Gasteiger partial charge on any atom is -0.445 e. The average Bonchev–Trinajstić information content (AvgIpc) is 3.53. The molecule has 2 aromatic carbocycles. The van der Waals surface area contributed by atoms with Gasteiger partial charge in [0.1, 0.15) is 12.6 Å². The maximum atomic E-state index is 13.5. The Hall–Kier alpha value is -4.41. The van der Waals surface area contributed by atoms with E-state index in [0.717, 1.165) is 57.3 Å². The number of nitrogens with one attached hydrogen (secondary N) is 2. The number of amides is 5. The number of ether oxygens (including phenoxy) is 4. The van der Waals surface area contributed by atoms with Gasteiger partial charge >= 0.3 is 6.09 Å². The van der Waals surface area contributed by atoms with Crippen molar-refractivity contribution >= 4 is 35.4 Å². The summed E-state index contributed by atoms with van der Waals surface area (Å²) in [6.07, 6.45) is 4.55. The van der Waals surface area contributed by atoms with E-state index in [4.69, 9.17) is 18.9 Å². The Labute approximate surface area is 322 Å². The molecule has 2 aromatic rings. The van der Waals surface area contributed by atoms with Gasteiger partial charge in [0.15, 0.2) is 6.29 Å². The van der Waals surface area contributed by atoms with E-state index in [2.05, 4.69) is 15.5 Å². The number of hydrogen-bond acceptors (Lipinski definition) is 11. The smallest absolute Gasteiger partial charge is 0.410 e. The van der Waals surface area contributed by atoms with Crippen molar-refractivity contribution in [1.29, 1.82) is 0 Å². The van der Waals surface area contributed by atoms with E-state index in [-0.39, 0.29) is 68.7 Å². The van der Waals surface area contributed by atoms with Gasteiger partial charge in [-0.1, -0.05) is 36.4 Å². The second-order valence-corrected chi connectivity index (χ2v) is 14.6. The molecule has 2 atom stereocenters.